The van der Waals surface area contributed by atoms with Crippen molar-refractivity contribution in [2.24, 2.45) is 0 Å². The zero-order chi connectivity index (χ0) is 12.1. The number of hydrogen-bond acceptors (Lipinski definition) is 2. The Bertz CT molecular complexity index is 361. The molecule has 0 saturated heterocycles. The van der Waals surface area contributed by atoms with E-state index in [0.29, 0.717) is 0 Å². The summed E-state index contributed by atoms with van der Waals surface area (Å²) in [5.74, 6) is 0.105. The van der Waals surface area contributed by atoms with Gasteiger partial charge >= 0.3 is 0 Å². The highest BCUT2D eigenvalue weighted by atomic mass is 16.2. The van der Waals surface area contributed by atoms with Crippen molar-refractivity contribution < 1.29 is 4.79 Å². The lowest BCUT2D eigenvalue weighted by atomic mass is 10.1. The lowest BCUT2D eigenvalue weighted by Gasteiger charge is -2.18. The van der Waals surface area contributed by atoms with Crippen LogP contribution in [0.4, 0.5) is 0 Å². The molecule has 16 heavy (non-hydrogen) atoms. The minimum absolute atomic E-state index is 0.105. The number of hydrogen-bond donors (Lipinski definition) is 1. The van der Waals surface area contributed by atoms with Crippen LogP contribution in [-0.4, -0.2) is 30.9 Å². The van der Waals surface area contributed by atoms with Gasteiger partial charge in [0.25, 0.3) is 0 Å². The second-order valence-corrected chi connectivity index (χ2v) is 4.26. The van der Waals surface area contributed by atoms with E-state index in [1.165, 1.54) is 11.1 Å². The summed E-state index contributed by atoms with van der Waals surface area (Å²) in [6, 6.07) is 8.05. The van der Waals surface area contributed by atoms with Crippen molar-refractivity contribution in [1.82, 2.24) is 10.2 Å². The molecule has 0 unspecified atom stereocenters. The highest BCUT2D eigenvalue weighted by Crippen LogP contribution is 2.06. The first-order chi connectivity index (χ1) is 7.52. The first-order valence-corrected chi connectivity index (χ1v) is 5.51. The number of aryl methyl sites for hydroxylation is 1. The van der Waals surface area contributed by atoms with Crippen LogP contribution in [0.15, 0.2) is 24.3 Å². The number of carbonyl (C=O) groups is 1. The molecule has 3 heteroatoms. The van der Waals surface area contributed by atoms with Crippen LogP contribution in [0.3, 0.4) is 0 Å². The third kappa shape index (κ3) is 3.35. The molecule has 0 fully saturated rings. The Hall–Kier alpha value is -1.35. The van der Waals surface area contributed by atoms with Gasteiger partial charge in [-0.2, -0.15) is 0 Å². The number of nitrogens with zero attached hydrogens (tertiary/aromatic N) is 1. The quantitative estimate of drug-likeness (QED) is 0.835. The number of likely N-dealkylation sites (N-methyl/N-ethyl adjacent to an activating group) is 1. The fourth-order valence-corrected chi connectivity index (χ4v) is 1.55. The summed E-state index contributed by atoms with van der Waals surface area (Å²) in [6.07, 6.45) is 0. The largest absolute Gasteiger partial charge is 0.347 e. The van der Waals surface area contributed by atoms with E-state index >= 15 is 0 Å². The summed E-state index contributed by atoms with van der Waals surface area (Å²) in [5, 5.41) is 3.23. The van der Waals surface area contributed by atoms with Crippen LogP contribution in [-0.2, 0) is 11.3 Å². The fraction of sp³-hybridized carbons (Fsp3) is 0.462. The van der Waals surface area contributed by atoms with Crippen LogP contribution in [0.1, 0.15) is 18.1 Å². The summed E-state index contributed by atoms with van der Waals surface area (Å²) in [5.41, 5.74) is 2.49. The second kappa shape index (κ2) is 5.66. The van der Waals surface area contributed by atoms with Crippen molar-refractivity contribution in [1.29, 1.82) is 0 Å². The van der Waals surface area contributed by atoms with E-state index in [1.807, 2.05) is 19.1 Å². The molecule has 0 aromatic heterocycles. The molecule has 3 nitrogen and oxygen atoms in total. The van der Waals surface area contributed by atoms with Crippen LogP contribution in [0, 0.1) is 6.92 Å². The predicted octanol–water partition coefficient (Wildman–Crippen LogP) is 1.56. The SMILES string of the molecule is Cc1ccccc1CN[C@H](C)C(=O)N(C)C. The maximum absolute atomic E-state index is 11.6. The van der Waals surface area contributed by atoms with E-state index in [0.717, 1.165) is 6.54 Å². The van der Waals surface area contributed by atoms with Gasteiger partial charge in [-0.25, -0.2) is 0 Å². The Morgan fingerprint density at radius 1 is 1.38 bits per heavy atom. The highest BCUT2D eigenvalue weighted by molar-refractivity contribution is 5.80. The maximum Gasteiger partial charge on any atom is 0.238 e. The lowest BCUT2D eigenvalue weighted by Crippen LogP contribution is -2.41. The van der Waals surface area contributed by atoms with E-state index in [-0.39, 0.29) is 11.9 Å². The Morgan fingerprint density at radius 3 is 2.56 bits per heavy atom. The molecule has 1 aromatic carbocycles. The van der Waals surface area contributed by atoms with Crippen LogP contribution in [0.2, 0.25) is 0 Å². The van der Waals surface area contributed by atoms with Crippen LogP contribution in [0.5, 0.6) is 0 Å². The molecule has 0 aliphatic rings. The van der Waals surface area contributed by atoms with Crippen LogP contribution in [0.25, 0.3) is 0 Å². The van der Waals surface area contributed by atoms with Gasteiger partial charge in [-0.15, -0.1) is 0 Å². The monoisotopic (exact) mass is 220 g/mol. The fourth-order valence-electron chi connectivity index (χ4n) is 1.55. The highest BCUT2D eigenvalue weighted by Gasteiger charge is 2.13. The molecule has 0 aliphatic carbocycles. The van der Waals surface area contributed by atoms with Crippen molar-refractivity contribution in [2.75, 3.05) is 14.1 Å². The summed E-state index contributed by atoms with van der Waals surface area (Å²) in [4.78, 5) is 13.2. The third-order valence-corrected chi connectivity index (χ3v) is 2.67. The molecule has 1 atom stereocenters. The molecule has 1 rings (SSSR count). The normalized spacial score (nSPS) is 12.2. The first-order valence-electron chi connectivity index (χ1n) is 5.51. The van der Waals surface area contributed by atoms with Gasteiger partial charge in [-0.05, 0) is 25.0 Å². The Balaban J connectivity index is 2.52. The minimum atomic E-state index is -0.144. The Labute approximate surface area is 97.5 Å². The molecule has 0 aliphatic heterocycles. The van der Waals surface area contributed by atoms with E-state index in [9.17, 15) is 4.79 Å². The molecular formula is C13H20N2O. The van der Waals surface area contributed by atoms with Crippen LogP contribution < -0.4 is 5.32 Å². The van der Waals surface area contributed by atoms with Gasteiger partial charge < -0.3 is 10.2 Å². The molecule has 0 saturated carbocycles. The number of nitrogens with one attached hydrogen (secondary N) is 1. The van der Waals surface area contributed by atoms with Gasteiger partial charge in [-0.1, -0.05) is 24.3 Å². The molecule has 0 radical (unpaired) electrons. The third-order valence-electron chi connectivity index (χ3n) is 2.67. The zero-order valence-electron chi connectivity index (χ0n) is 10.4. The second-order valence-electron chi connectivity index (χ2n) is 4.26. The number of rotatable bonds is 4. The van der Waals surface area contributed by atoms with Crippen molar-refractivity contribution in [3.63, 3.8) is 0 Å². The zero-order valence-corrected chi connectivity index (χ0v) is 10.4. The smallest absolute Gasteiger partial charge is 0.238 e. The molecule has 1 N–H and O–H groups in total. The van der Waals surface area contributed by atoms with E-state index in [2.05, 4.69) is 24.4 Å². The number of amides is 1. The Kier molecular flexibility index (Phi) is 4.50. The molecule has 1 aromatic rings. The van der Waals surface area contributed by atoms with E-state index < -0.39 is 0 Å². The van der Waals surface area contributed by atoms with Crippen molar-refractivity contribution >= 4 is 5.91 Å². The summed E-state index contributed by atoms with van der Waals surface area (Å²) in [6.45, 7) is 4.70. The Morgan fingerprint density at radius 2 is 2.00 bits per heavy atom. The lowest BCUT2D eigenvalue weighted by molar-refractivity contribution is -0.130. The van der Waals surface area contributed by atoms with Gasteiger partial charge in [0.05, 0.1) is 6.04 Å². The molecule has 0 heterocycles. The predicted molar refractivity (Wildman–Crippen MR) is 66.2 cm³/mol. The molecule has 0 spiro atoms. The summed E-state index contributed by atoms with van der Waals surface area (Å²) >= 11 is 0. The van der Waals surface area contributed by atoms with Gasteiger partial charge in [0.2, 0.25) is 5.91 Å². The van der Waals surface area contributed by atoms with Gasteiger partial charge in [0.15, 0.2) is 0 Å². The maximum atomic E-state index is 11.6. The average Bonchev–Trinajstić information content (AvgIpc) is 2.26. The average molecular weight is 220 g/mol. The topological polar surface area (TPSA) is 32.3 Å². The number of carbonyl (C=O) groups excluding carboxylic acids is 1. The summed E-state index contributed by atoms with van der Waals surface area (Å²) in [7, 11) is 3.54. The first kappa shape index (κ1) is 12.7. The molecular weight excluding hydrogens is 200 g/mol. The summed E-state index contributed by atoms with van der Waals surface area (Å²) < 4.78 is 0. The molecule has 88 valence electrons. The standard InChI is InChI=1S/C13H20N2O/c1-10-7-5-6-8-12(10)9-14-11(2)13(16)15(3)4/h5-8,11,14H,9H2,1-4H3/t11-/m1/s1. The number of benzene rings is 1. The van der Waals surface area contributed by atoms with Crippen molar-refractivity contribution in [3.05, 3.63) is 35.4 Å². The van der Waals surface area contributed by atoms with Crippen LogP contribution >= 0.6 is 0 Å². The van der Waals surface area contributed by atoms with Gasteiger partial charge in [0, 0.05) is 20.6 Å². The van der Waals surface area contributed by atoms with Crippen molar-refractivity contribution in [2.45, 2.75) is 26.4 Å². The molecule has 1 amide bonds. The molecule has 0 bridgehead atoms. The van der Waals surface area contributed by atoms with E-state index in [1.54, 1.807) is 19.0 Å². The van der Waals surface area contributed by atoms with Gasteiger partial charge in [-0.3, -0.25) is 4.79 Å². The van der Waals surface area contributed by atoms with E-state index in [4.69, 9.17) is 0 Å². The van der Waals surface area contributed by atoms with Gasteiger partial charge in [0.1, 0.15) is 0 Å². The van der Waals surface area contributed by atoms with Crippen molar-refractivity contribution in [3.8, 4) is 0 Å². The minimum Gasteiger partial charge on any atom is -0.347 e.